The van der Waals surface area contributed by atoms with E-state index in [0.29, 0.717) is 13.1 Å². The maximum absolute atomic E-state index is 12.0. The number of nitrogens with zero attached hydrogens (tertiary/aromatic N) is 1. The first-order chi connectivity index (χ1) is 14.0. The minimum atomic E-state index is -0.0475. The van der Waals surface area contributed by atoms with Crippen molar-refractivity contribution in [1.82, 2.24) is 15.5 Å². The summed E-state index contributed by atoms with van der Waals surface area (Å²) >= 11 is 0. The predicted molar refractivity (Wildman–Crippen MR) is 119 cm³/mol. The number of allylic oxidation sites excluding steroid dienone is 2. The number of unbranched alkanes of at least 4 members (excludes halogenated alkanes) is 4. The minimum absolute atomic E-state index is 0.0475. The maximum atomic E-state index is 12.0. The number of epoxide rings is 1. The average Bonchev–Trinajstić information content (AvgIpc) is 3.53. The Balaban J connectivity index is 2.43. The van der Waals surface area contributed by atoms with Crippen LogP contribution in [0.5, 0.6) is 0 Å². The standard InChI is InChI=1S/C23H41N3O3/c1-5-7-9-11-13-22(27)24-15-19(3)26(17-21-18-29-21)20(4)16-25-23(28)14-12-10-8-6-2/h11-14,19-21H,5-10,15-18H2,1-4H3,(H,24,27)(H,25,28)/b13-11+,14-12+. The summed E-state index contributed by atoms with van der Waals surface area (Å²) < 4.78 is 5.40. The molecule has 0 aromatic carbocycles. The molecule has 1 rings (SSSR count). The first-order valence-electron chi connectivity index (χ1n) is 11.2. The largest absolute Gasteiger partial charge is 0.372 e. The van der Waals surface area contributed by atoms with E-state index < -0.39 is 0 Å². The van der Waals surface area contributed by atoms with E-state index in [1.807, 2.05) is 12.2 Å². The van der Waals surface area contributed by atoms with Crippen molar-refractivity contribution in [3.05, 3.63) is 24.3 Å². The van der Waals surface area contributed by atoms with Crippen molar-refractivity contribution in [3.8, 4) is 0 Å². The fourth-order valence-corrected chi connectivity index (χ4v) is 3.08. The summed E-state index contributed by atoms with van der Waals surface area (Å²) in [6.45, 7) is 11.2. The van der Waals surface area contributed by atoms with Gasteiger partial charge in [0.05, 0.1) is 12.7 Å². The number of carbonyl (C=O) groups is 2. The van der Waals surface area contributed by atoms with Gasteiger partial charge in [-0.2, -0.15) is 0 Å². The summed E-state index contributed by atoms with van der Waals surface area (Å²) in [5, 5.41) is 5.97. The molecule has 3 atom stereocenters. The second-order valence-corrected chi connectivity index (χ2v) is 7.93. The van der Waals surface area contributed by atoms with E-state index in [2.05, 4.69) is 43.2 Å². The van der Waals surface area contributed by atoms with Crippen molar-refractivity contribution >= 4 is 11.8 Å². The molecule has 0 spiro atoms. The van der Waals surface area contributed by atoms with E-state index in [0.717, 1.165) is 51.7 Å². The van der Waals surface area contributed by atoms with Crippen LogP contribution in [0.4, 0.5) is 0 Å². The van der Waals surface area contributed by atoms with Crippen LogP contribution in [0.3, 0.4) is 0 Å². The zero-order chi connectivity index (χ0) is 21.5. The molecule has 2 N–H and O–H groups in total. The summed E-state index contributed by atoms with van der Waals surface area (Å²) in [5.41, 5.74) is 0. The lowest BCUT2D eigenvalue weighted by atomic mass is 10.1. The summed E-state index contributed by atoms with van der Waals surface area (Å²) in [6, 6.07) is 0.304. The van der Waals surface area contributed by atoms with E-state index in [1.54, 1.807) is 12.2 Å². The van der Waals surface area contributed by atoms with E-state index in [-0.39, 0.29) is 30.0 Å². The summed E-state index contributed by atoms with van der Waals surface area (Å²) in [5.74, 6) is -0.0949. The molecule has 0 aromatic heterocycles. The quantitative estimate of drug-likeness (QED) is 0.234. The second kappa shape index (κ2) is 15.2. The third kappa shape index (κ3) is 12.5. The highest BCUT2D eigenvalue weighted by atomic mass is 16.6. The van der Waals surface area contributed by atoms with Gasteiger partial charge in [0, 0.05) is 31.7 Å². The molecule has 1 saturated heterocycles. The lowest BCUT2D eigenvalue weighted by molar-refractivity contribution is -0.117. The highest BCUT2D eigenvalue weighted by molar-refractivity contribution is 5.87. The third-order valence-electron chi connectivity index (χ3n) is 5.08. The fraction of sp³-hybridized carbons (Fsp3) is 0.739. The molecule has 1 aliphatic rings. The van der Waals surface area contributed by atoms with Crippen LogP contribution < -0.4 is 10.6 Å². The van der Waals surface area contributed by atoms with E-state index >= 15 is 0 Å². The predicted octanol–water partition coefficient (Wildman–Crippen LogP) is 3.19. The molecular formula is C23H41N3O3. The van der Waals surface area contributed by atoms with Crippen molar-refractivity contribution in [3.63, 3.8) is 0 Å². The van der Waals surface area contributed by atoms with Crippen molar-refractivity contribution in [2.45, 2.75) is 84.4 Å². The van der Waals surface area contributed by atoms with Crippen molar-refractivity contribution < 1.29 is 14.3 Å². The highest BCUT2D eigenvalue weighted by Crippen LogP contribution is 2.15. The number of carbonyl (C=O) groups excluding carboxylic acids is 2. The maximum Gasteiger partial charge on any atom is 0.243 e. The summed E-state index contributed by atoms with van der Waals surface area (Å²) in [6.07, 6.45) is 13.7. The SMILES string of the molecule is CCCC/C=C/C(=O)NCC(C)N(CC1CO1)C(C)CNC(=O)/C=C/CCCC. The Morgan fingerprint density at radius 2 is 1.41 bits per heavy atom. The first kappa shape index (κ1) is 25.4. The van der Waals surface area contributed by atoms with Gasteiger partial charge in [-0.1, -0.05) is 51.7 Å². The Morgan fingerprint density at radius 1 is 0.966 bits per heavy atom. The molecule has 2 amide bonds. The molecular weight excluding hydrogens is 366 g/mol. The topological polar surface area (TPSA) is 74.0 Å². The van der Waals surface area contributed by atoms with Crippen LogP contribution in [-0.2, 0) is 14.3 Å². The summed E-state index contributed by atoms with van der Waals surface area (Å²) in [4.78, 5) is 26.3. The summed E-state index contributed by atoms with van der Waals surface area (Å²) in [7, 11) is 0. The molecule has 0 bridgehead atoms. The average molecular weight is 408 g/mol. The van der Waals surface area contributed by atoms with Gasteiger partial charge in [-0.3, -0.25) is 14.5 Å². The number of nitrogens with one attached hydrogen (secondary N) is 2. The van der Waals surface area contributed by atoms with Gasteiger partial charge in [0.2, 0.25) is 11.8 Å². The van der Waals surface area contributed by atoms with Gasteiger partial charge in [0.15, 0.2) is 0 Å². The molecule has 166 valence electrons. The van der Waals surface area contributed by atoms with Gasteiger partial charge in [0.1, 0.15) is 0 Å². The van der Waals surface area contributed by atoms with Crippen LogP contribution in [0.2, 0.25) is 0 Å². The van der Waals surface area contributed by atoms with Gasteiger partial charge in [-0.05, 0) is 38.8 Å². The van der Waals surface area contributed by atoms with Crippen LogP contribution in [0.15, 0.2) is 24.3 Å². The molecule has 0 saturated carbocycles. The van der Waals surface area contributed by atoms with Gasteiger partial charge in [-0.25, -0.2) is 0 Å². The van der Waals surface area contributed by atoms with Crippen molar-refractivity contribution in [2.24, 2.45) is 0 Å². The number of rotatable bonds is 16. The van der Waals surface area contributed by atoms with Gasteiger partial charge >= 0.3 is 0 Å². The Labute approximate surface area is 177 Å². The van der Waals surface area contributed by atoms with Crippen LogP contribution in [0.25, 0.3) is 0 Å². The van der Waals surface area contributed by atoms with Crippen LogP contribution in [-0.4, -0.2) is 61.1 Å². The Bertz CT molecular complexity index is 489. The normalized spacial score (nSPS) is 18.3. The second-order valence-electron chi connectivity index (χ2n) is 7.93. The molecule has 1 heterocycles. The number of hydrogen-bond donors (Lipinski definition) is 2. The molecule has 29 heavy (non-hydrogen) atoms. The van der Waals surface area contributed by atoms with Gasteiger partial charge < -0.3 is 15.4 Å². The van der Waals surface area contributed by atoms with E-state index in [4.69, 9.17) is 4.74 Å². The number of amides is 2. The van der Waals surface area contributed by atoms with Crippen molar-refractivity contribution in [2.75, 3.05) is 26.2 Å². The highest BCUT2D eigenvalue weighted by Gasteiger charge is 2.30. The van der Waals surface area contributed by atoms with Gasteiger partial charge in [0.25, 0.3) is 0 Å². The van der Waals surface area contributed by atoms with Gasteiger partial charge in [-0.15, -0.1) is 0 Å². The molecule has 1 fully saturated rings. The Kier molecular flexibility index (Phi) is 13.3. The van der Waals surface area contributed by atoms with Crippen LogP contribution >= 0.6 is 0 Å². The molecule has 6 nitrogen and oxygen atoms in total. The lowest BCUT2D eigenvalue weighted by Crippen LogP contribution is -2.51. The van der Waals surface area contributed by atoms with Crippen molar-refractivity contribution in [1.29, 1.82) is 0 Å². The smallest absolute Gasteiger partial charge is 0.243 e. The van der Waals surface area contributed by atoms with E-state index in [9.17, 15) is 9.59 Å². The third-order valence-corrected chi connectivity index (χ3v) is 5.08. The monoisotopic (exact) mass is 407 g/mol. The molecule has 0 aliphatic carbocycles. The molecule has 6 heteroatoms. The van der Waals surface area contributed by atoms with Crippen LogP contribution in [0, 0.1) is 0 Å². The molecule has 1 aliphatic heterocycles. The van der Waals surface area contributed by atoms with E-state index in [1.165, 1.54) is 0 Å². The fourth-order valence-electron chi connectivity index (χ4n) is 3.08. The Hall–Kier alpha value is -1.66. The number of hydrogen-bond acceptors (Lipinski definition) is 4. The molecule has 0 aromatic rings. The molecule has 0 radical (unpaired) electrons. The Morgan fingerprint density at radius 3 is 1.79 bits per heavy atom. The van der Waals surface area contributed by atoms with Crippen LogP contribution in [0.1, 0.15) is 66.2 Å². The molecule has 3 unspecified atom stereocenters. The lowest BCUT2D eigenvalue weighted by Gasteiger charge is -2.34. The zero-order valence-corrected chi connectivity index (χ0v) is 18.8. The number of ether oxygens (including phenoxy) is 1. The minimum Gasteiger partial charge on any atom is -0.372 e. The first-order valence-corrected chi connectivity index (χ1v) is 11.2. The zero-order valence-electron chi connectivity index (χ0n) is 18.8.